The van der Waals surface area contributed by atoms with E-state index in [0.29, 0.717) is 0 Å². The first-order valence-corrected chi connectivity index (χ1v) is 16.2. The first-order chi connectivity index (χ1) is 22.6. The largest absolute Gasteiger partial charge is 0.439 e. The van der Waals surface area contributed by atoms with E-state index < -0.39 is 6.15 Å². The van der Waals surface area contributed by atoms with Crippen LogP contribution in [0.1, 0.15) is 25.7 Å². The van der Waals surface area contributed by atoms with Gasteiger partial charge in [0.2, 0.25) is 5.58 Å². The first-order valence-electron chi connectivity index (χ1n) is 16.2. The van der Waals surface area contributed by atoms with Crippen LogP contribution in [0.4, 0.5) is 5.69 Å². The Balaban J connectivity index is 0.000000162. The number of allylic oxidation sites excluding steroid dienone is 2. The van der Waals surface area contributed by atoms with E-state index in [0.717, 1.165) is 34.3 Å². The highest BCUT2D eigenvalue weighted by Gasteiger charge is 2.29. The molecular weight excluding hydrogens is 563 g/mol. The Morgan fingerprint density at radius 2 is 1.24 bits per heavy atom. The maximum Gasteiger partial charge on any atom is 0.373 e. The predicted molar refractivity (Wildman–Crippen MR) is 194 cm³/mol. The number of hydrogen-bond donors (Lipinski definition) is 0. The van der Waals surface area contributed by atoms with Crippen LogP contribution in [0.25, 0.3) is 17.2 Å². The van der Waals surface area contributed by atoms with Crippen LogP contribution in [0.3, 0.4) is 0 Å². The molecule has 0 bridgehead atoms. The Morgan fingerprint density at radius 3 is 1.80 bits per heavy atom. The molecule has 0 radical (unpaired) electrons. The molecule has 7 rings (SSSR count). The summed E-state index contributed by atoms with van der Waals surface area (Å²) in [5.74, 6) is 2.46. The Morgan fingerprint density at radius 1 is 0.696 bits per heavy atom. The number of para-hydroxylation sites is 4. The Labute approximate surface area is 272 Å². The minimum atomic E-state index is -0.913. The molecule has 230 valence electrons. The molecule has 1 aromatic heterocycles. The molecule has 5 aromatic carbocycles. The van der Waals surface area contributed by atoms with Gasteiger partial charge in [0.05, 0.1) is 17.9 Å². The fourth-order valence-corrected chi connectivity index (χ4v) is 6.68. The number of benzene rings is 5. The van der Waals surface area contributed by atoms with Crippen LogP contribution in [0.2, 0.25) is 6.32 Å². The second kappa shape index (κ2) is 14.2. The lowest BCUT2D eigenvalue weighted by Gasteiger charge is -2.43. The molecule has 0 aliphatic carbocycles. The third kappa shape index (κ3) is 6.27. The summed E-state index contributed by atoms with van der Waals surface area (Å²) in [6.07, 6.45) is 8.54. The minimum absolute atomic E-state index is 0.793. The third-order valence-electron chi connectivity index (χ3n) is 9.12. The maximum atomic E-state index is 5.84. The molecule has 1 aliphatic rings. The van der Waals surface area contributed by atoms with Crippen molar-refractivity contribution < 1.29 is 13.7 Å². The predicted octanol–water partition coefficient (Wildman–Crippen LogP) is 7.60. The van der Waals surface area contributed by atoms with Gasteiger partial charge in [-0.3, -0.25) is 0 Å². The molecule has 0 fully saturated rings. The lowest BCUT2D eigenvalue weighted by Crippen LogP contribution is -2.66. The fraction of sp³-hybridized carbons (Fsp3) is 0.146. The van der Waals surface area contributed by atoms with Gasteiger partial charge in [0.15, 0.2) is 11.6 Å². The molecule has 0 amide bonds. The molecule has 0 unspecified atom stereocenters. The normalized spacial score (nSPS) is 13.5. The number of anilines is 1. The molecule has 5 heteroatoms. The number of ether oxygens (including phenoxy) is 1. The molecule has 0 saturated heterocycles. The molecule has 46 heavy (non-hydrogen) atoms. The number of aryl methyl sites for hydroxylation is 1. The Bertz CT molecular complexity index is 1840. The number of fused-ring (bicyclic) bond motifs is 2. The molecule has 4 nitrogen and oxygen atoms in total. The molecule has 6 aromatic rings. The number of unbranched alkanes of at least 4 members (excludes halogenated alkanes) is 1. The van der Waals surface area contributed by atoms with Crippen molar-refractivity contribution in [2.45, 2.75) is 26.1 Å². The summed E-state index contributed by atoms with van der Waals surface area (Å²) in [6.45, 7) is 2.28. The maximum absolute atomic E-state index is 5.84. The van der Waals surface area contributed by atoms with Crippen LogP contribution in [-0.4, -0.2) is 13.2 Å². The monoisotopic (exact) mass is 604 g/mol. The summed E-state index contributed by atoms with van der Waals surface area (Å²) < 4.78 is 13.7. The molecule has 0 spiro atoms. The van der Waals surface area contributed by atoms with Gasteiger partial charge < -0.3 is 14.1 Å². The minimum Gasteiger partial charge on any atom is -0.439 e. The summed E-state index contributed by atoms with van der Waals surface area (Å²) in [7, 11) is 3.99. The number of aromatic nitrogens is 1. The van der Waals surface area contributed by atoms with Crippen molar-refractivity contribution in [2.75, 3.05) is 11.9 Å². The zero-order valence-electron chi connectivity index (χ0n) is 26.9. The summed E-state index contributed by atoms with van der Waals surface area (Å²) in [4.78, 5) is 2.03. The van der Waals surface area contributed by atoms with Gasteiger partial charge in [-0.2, -0.15) is 27.3 Å². The van der Waals surface area contributed by atoms with Crippen molar-refractivity contribution >= 4 is 45.4 Å². The topological polar surface area (TPSA) is 29.5 Å². The van der Waals surface area contributed by atoms with Crippen LogP contribution < -0.4 is 30.6 Å². The van der Waals surface area contributed by atoms with E-state index in [1.807, 2.05) is 90.3 Å². The van der Waals surface area contributed by atoms with E-state index >= 15 is 0 Å². The van der Waals surface area contributed by atoms with Crippen LogP contribution in [0.15, 0.2) is 162 Å². The Kier molecular flexibility index (Phi) is 9.49. The van der Waals surface area contributed by atoms with E-state index in [1.54, 1.807) is 0 Å². The number of hydrogen-bond acceptors (Lipinski definition) is 3. The van der Waals surface area contributed by atoms with Gasteiger partial charge in [0, 0.05) is 13.1 Å². The lowest BCUT2D eigenvalue weighted by molar-refractivity contribution is -0.652. The zero-order chi connectivity index (χ0) is 31.8. The van der Waals surface area contributed by atoms with Gasteiger partial charge in [0.1, 0.15) is 7.05 Å². The van der Waals surface area contributed by atoms with Crippen molar-refractivity contribution in [3.63, 3.8) is 0 Å². The lowest BCUT2D eigenvalue weighted by atomic mass is 9.14. The number of rotatable bonds is 8. The van der Waals surface area contributed by atoms with E-state index in [4.69, 9.17) is 9.15 Å². The van der Waals surface area contributed by atoms with Gasteiger partial charge in [-0.25, -0.2) is 0 Å². The molecular formula is C41H41BN2O2. The van der Waals surface area contributed by atoms with Crippen molar-refractivity contribution in [3.05, 3.63) is 163 Å². The highest BCUT2D eigenvalue weighted by Crippen LogP contribution is 2.37. The number of oxazole rings is 1. The van der Waals surface area contributed by atoms with Crippen molar-refractivity contribution in [3.8, 4) is 5.75 Å². The fourth-order valence-electron chi connectivity index (χ4n) is 6.68. The summed E-state index contributed by atoms with van der Waals surface area (Å²) in [5.41, 5.74) is 7.35. The van der Waals surface area contributed by atoms with Gasteiger partial charge >= 0.3 is 5.89 Å². The quantitative estimate of drug-likeness (QED) is 0.132. The third-order valence-corrected chi connectivity index (χ3v) is 9.12. The first kappa shape index (κ1) is 30.7. The van der Waals surface area contributed by atoms with E-state index in [9.17, 15) is 0 Å². The van der Waals surface area contributed by atoms with E-state index in [-0.39, 0.29) is 0 Å². The summed E-state index contributed by atoms with van der Waals surface area (Å²) in [5, 5.41) is 0. The second-order valence-corrected chi connectivity index (χ2v) is 11.9. The Hall–Kier alpha value is -5.29. The van der Waals surface area contributed by atoms with Gasteiger partial charge in [-0.15, -0.1) is 0 Å². The average molecular weight is 605 g/mol. The van der Waals surface area contributed by atoms with Crippen LogP contribution in [-0.2, 0) is 7.05 Å². The SMILES string of the molecule is CCCC[B-](c1ccccc1)(c1ccccc1)c1ccccc1.CN1/C(=C/C=C/c2oc3ccccc3[n+]2C)Oc2ccccc21. The van der Waals surface area contributed by atoms with Crippen molar-refractivity contribution in [1.82, 2.24) is 0 Å². The van der Waals surface area contributed by atoms with Gasteiger partial charge in [0.25, 0.3) is 5.52 Å². The smallest absolute Gasteiger partial charge is 0.373 e. The highest BCUT2D eigenvalue weighted by atomic mass is 16.5. The van der Waals surface area contributed by atoms with Gasteiger partial charge in [-0.05, 0) is 30.4 Å². The van der Waals surface area contributed by atoms with Crippen LogP contribution >= 0.6 is 0 Å². The molecule has 0 atom stereocenters. The van der Waals surface area contributed by atoms with Crippen LogP contribution in [0, 0.1) is 0 Å². The summed E-state index contributed by atoms with van der Waals surface area (Å²) in [6, 6.07) is 49.1. The van der Waals surface area contributed by atoms with E-state index in [2.05, 4.69) is 97.9 Å². The number of nitrogens with zero attached hydrogens (tertiary/aromatic N) is 2. The standard InChI is InChI=1S/C22H24B.C19H17N2O2/c1-2-3-19-23(20-13-7-4-8-14-20,21-15-9-5-10-16-21)22-17-11-6-12-18-22;1-20-14-8-3-5-10-16(14)22-18(20)12-7-13-19-21(2)15-9-4-6-11-17(15)23-19/h4-18H,2-3,19H2,1H3;3-13H,1-2H3/q-1;+1. The second-order valence-electron chi connectivity index (χ2n) is 11.9. The van der Waals surface area contributed by atoms with Crippen molar-refractivity contribution in [2.24, 2.45) is 7.05 Å². The molecule has 0 N–H and O–H groups in total. The van der Waals surface area contributed by atoms with Crippen LogP contribution in [0.5, 0.6) is 5.75 Å². The molecule has 2 heterocycles. The average Bonchev–Trinajstić information content (AvgIpc) is 3.62. The highest BCUT2D eigenvalue weighted by molar-refractivity contribution is 7.11. The van der Waals surface area contributed by atoms with Crippen molar-refractivity contribution in [1.29, 1.82) is 0 Å². The van der Waals surface area contributed by atoms with Gasteiger partial charge in [-0.1, -0.05) is 135 Å². The molecule has 0 saturated carbocycles. The zero-order valence-corrected chi connectivity index (χ0v) is 26.9. The van der Waals surface area contributed by atoms with E-state index in [1.165, 1.54) is 35.6 Å². The summed E-state index contributed by atoms with van der Waals surface area (Å²) >= 11 is 0. The molecule has 1 aliphatic heterocycles.